The maximum atomic E-state index is 11.2. The Morgan fingerprint density at radius 1 is 0.519 bits per heavy atom. The van der Waals surface area contributed by atoms with Crippen LogP contribution in [-0.2, 0) is 9.53 Å². The highest BCUT2D eigenvalue weighted by Gasteiger charge is 2.31. The van der Waals surface area contributed by atoms with Crippen molar-refractivity contribution in [1.29, 1.82) is 0 Å². The molecule has 0 amide bonds. The van der Waals surface area contributed by atoms with Crippen molar-refractivity contribution in [2.24, 2.45) is 5.92 Å². The lowest BCUT2D eigenvalue weighted by Gasteiger charge is -2.44. The van der Waals surface area contributed by atoms with E-state index < -0.39 is 6.15 Å². The van der Waals surface area contributed by atoms with Crippen LogP contribution in [0.15, 0.2) is 133 Å². The zero-order chi connectivity index (χ0) is 38.5. The second-order valence-electron chi connectivity index (χ2n) is 15.8. The molecule has 0 bridgehead atoms. The number of ether oxygens (including phenoxy) is 1. The molecule has 4 heteroatoms. The molecule has 3 nitrogen and oxygen atoms in total. The monoisotopic (exact) mass is 730 g/mol. The minimum atomic E-state index is -1.22. The van der Waals surface area contributed by atoms with Crippen LogP contribution in [0.4, 0.5) is 0 Å². The molecule has 0 unspecified atom stereocenters. The topological polar surface area (TPSA) is 42.9 Å². The van der Waals surface area contributed by atoms with Crippen LogP contribution in [0.25, 0.3) is 0 Å². The molecule has 0 aliphatic heterocycles. The molecule has 0 saturated heterocycles. The summed E-state index contributed by atoms with van der Waals surface area (Å²) in [5, 5.41) is 2.25. The van der Waals surface area contributed by atoms with E-state index in [9.17, 15) is 4.79 Å². The molecular formula is C50H72BNO2. The first-order valence-corrected chi connectivity index (χ1v) is 21.5. The average molecular weight is 730 g/mol. The molecule has 2 N–H and O–H groups in total. The van der Waals surface area contributed by atoms with Gasteiger partial charge in [-0.2, -0.15) is 21.9 Å². The Morgan fingerprint density at radius 2 is 0.833 bits per heavy atom. The number of unbranched alkanes of at least 4 members (excludes halogenated alkanes) is 14. The molecule has 0 spiro atoms. The smallest absolute Gasteiger partial charge is 0.333 e. The van der Waals surface area contributed by atoms with E-state index in [1.165, 1.54) is 125 Å². The van der Waals surface area contributed by atoms with Crippen molar-refractivity contribution in [3.05, 3.63) is 133 Å². The van der Waals surface area contributed by atoms with E-state index in [2.05, 4.69) is 147 Å². The first kappa shape index (κ1) is 44.5. The maximum Gasteiger partial charge on any atom is 0.333 e. The molecule has 4 aromatic carbocycles. The highest BCUT2D eigenvalue weighted by molar-refractivity contribution is 7.19. The molecule has 0 aliphatic carbocycles. The van der Waals surface area contributed by atoms with Crippen LogP contribution in [0.3, 0.4) is 0 Å². The fourth-order valence-electron chi connectivity index (χ4n) is 7.76. The van der Waals surface area contributed by atoms with Crippen LogP contribution < -0.4 is 27.2 Å². The lowest BCUT2D eigenvalue weighted by Crippen LogP contribution is -2.85. The number of hydrogen-bond donors (Lipinski definition) is 1. The van der Waals surface area contributed by atoms with Crippen LogP contribution >= 0.6 is 0 Å². The Kier molecular flexibility index (Phi) is 22.8. The normalized spacial score (nSPS) is 11.2. The Labute approximate surface area is 330 Å². The van der Waals surface area contributed by atoms with Crippen molar-refractivity contribution in [3.8, 4) is 0 Å². The van der Waals surface area contributed by atoms with E-state index in [1.807, 2.05) is 0 Å². The standard InChI is InChI=1S/C26H51NO2.C24H20B/c1-24(2)20-18-16-14-12-10-8-6-5-7-9-11-13-15-17-19-21-27-22-23-29-26(28)25(3)4;1-5-13-21(14-6-1)25(22-15-7-2-8-16-22,23-17-9-3-10-18-23)24-19-11-4-12-20-24/h24,27H,3,5-23H2,1-2,4H3;1-20H/q;-1/p+1. The Bertz CT molecular complexity index is 1340. The predicted octanol–water partition coefficient (Wildman–Crippen LogP) is 9.63. The van der Waals surface area contributed by atoms with Crippen molar-refractivity contribution >= 4 is 34.0 Å². The summed E-state index contributed by atoms with van der Waals surface area (Å²) in [6, 6.07) is 43.5. The van der Waals surface area contributed by atoms with Gasteiger partial charge in [-0.25, -0.2) is 4.79 Å². The minimum absolute atomic E-state index is 0.272. The molecular weight excluding hydrogens is 657 g/mol. The van der Waals surface area contributed by atoms with Gasteiger partial charge in [0, 0.05) is 5.57 Å². The molecule has 292 valence electrons. The highest BCUT2D eigenvalue weighted by atomic mass is 16.5. The van der Waals surface area contributed by atoms with Gasteiger partial charge in [0.2, 0.25) is 0 Å². The number of benzene rings is 4. The quantitative estimate of drug-likeness (QED) is 0.0303. The second kappa shape index (κ2) is 27.7. The number of carbonyl (C=O) groups is 1. The maximum absolute atomic E-state index is 11.2. The molecule has 0 heterocycles. The molecule has 54 heavy (non-hydrogen) atoms. The summed E-state index contributed by atoms with van der Waals surface area (Å²) in [6.07, 6.45) is 21.4. The summed E-state index contributed by atoms with van der Waals surface area (Å²) < 4.78 is 5.07. The molecule has 4 aromatic rings. The molecule has 0 aromatic heterocycles. The van der Waals surface area contributed by atoms with Crippen molar-refractivity contribution in [2.45, 2.75) is 124 Å². The van der Waals surface area contributed by atoms with Gasteiger partial charge in [-0.3, -0.25) is 0 Å². The summed E-state index contributed by atoms with van der Waals surface area (Å²) in [6.45, 7) is 12.4. The van der Waals surface area contributed by atoms with E-state index in [1.54, 1.807) is 6.92 Å². The predicted molar refractivity (Wildman–Crippen MR) is 236 cm³/mol. The number of carbonyl (C=O) groups excluding carboxylic acids is 1. The molecule has 0 saturated carbocycles. The van der Waals surface area contributed by atoms with Gasteiger partial charge in [-0.05, 0) is 25.7 Å². The SMILES string of the molecule is C=C(C)C(=O)OCC[NH2+]CCCCCCCCCCCCCCCCCC(C)C.c1ccc([B-](c2ccccc2)(c2ccccc2)c2ccccc2)cc1. The van der Waals surface area contributed by atoms with E-state index in [0.29, 0.717) is 12.2 Å². The van der Waals surface area contributed by atoms with Crippen molar-refractivity contribution in [2.75, 3.05) is 19.7 Å². The van der Waals surface area contributed by atoms with Crippen LogP contribution in [0.2, 0.25) is 0 Å². The number of esters is 1. The largest absolute Gasteiger partial charge is 0.456 e. The lowest BCUT2D eigenvalue weighted by atomic mass is 9.13. The van der Waals surface area contributed by atoms with Gasteiger partial charge in [-0.1, -0.05) is 232 Å². The van der Waals surface area contributed by atoms with Gasteiger partial charge < -0.3 is 10.1 Å². The van der Waals surface area contributed by atoms with E-state index in [0.717, 1.165) is 19.0 Å². The zero-order valence-electron chi connectivity index (χ0n) is 34.2. The summed E-state index contributed by atoms with van der Waals surface area (Å²) in [4.78, 5) is 11.2. The molecule has 4 rings (SSSR count). The van der Waals surface area contributed by atoms with Crippen LogP contribution in [0, 0.1) is 5.92 Å². The Balaban J connectivity index is 0.000000292. The number of hydrogen-bond acceptors (Lipinski definition) is 2. The summed E-state index contributed by atoms with van der Waals surface area (Å²) in [7, 11) is 0. The molecule has 0 fully saturated rings. The van der Waals surface area contributed by atoms with Gasteiger partial charge in [0.1, 0.15) is 19.3 Å². The second-order valence-corrected chi connectivity index (χ2v) is 15.8. The van der Waals surface area contributed by atoms with Crippen LogP contribution in [-0.4, -0.2) is 31.8 Å². The highest BCUT2D eigenvalue weighted by Crippen LogP contribution is 2.15. The number of nitrogens with two attached hydrogens (primary N) is 1. The average Bonchev–Trinajstić information content (AvgIpc) is 3.20. The Hall–Kier alpha value is -3.89. The van der Waals surface area contributed by atoms with Crippen molar-refractivity contribution < 1.29 is 14.8 Å². The third kappa shape index (κ3) is 16.6. The lowest BCUT2D eigenvalue weighted by molar-refractivity contribution is -0.656. The van der Waals surface area contributed by atoms with Gasteiger partial charge in [0.25, 0.3) is 0 Å². The summed E-state index contributed by atoms with van der Waals surface area (Å²) in [5.74, 6) is 0.607. The van der Waals surface area contributed by atoms with Gasteiger partial charge >= 0.3 is 5.97 Å². The molecule has 0 radical (unpaired) electrons. The third-order valence-corrected chi connectivity index (χ3v) is 10.8. The first-order valence-electron chi connectivity index (χ1n) is 21.5. The minimum Gasteiger partial charge on any atom is -0.456 e. The van der Waals surface area contributed by atoms with E-state index in [4.69, 9.17) is 4.74 Å². The van der Waals surface area contributed by atoms with Crippen LogP contribution in [0.5, 0.6) is 0 Å². The van der Waals surface area contributed by atoms with Gasteiger partial charge in [0.05, 0.1) is 6.54 Å². The number of rotatable bonds is 26. The number of quaternary nitrogens is 1. The summed E-state index contributed by atoms with van der Waals surface area (Å²) >= 11 is 0. The molecule has 0 aliphatic rings. The zero-order valence-corrected chi connectivity index (χ0v) is 34.2. The summed E-state index contributed by atoms with van der Waals surface area (Å²) in [5.41, 5.74) is 5.84. The fraction of sp³-hybridized carbons (Fsp3) is 0.460. The molecule has 0 atom stereocenters. The first-order chi connectivity index (χ1) is 26.5. The van der Waals surface area contributed by atoms with Crippen molar-refractivity contribution in [1.82, 2.24) is 0 Å². The fourth-order valence-corrected chi connectivity index (χ4v) is 7.76. The van der Waals surface area contributed by atoms with Gasteiger partial charge in [0.15, 0.2) is 0 Å². The van der Waals surface area contributed by atoms with E-state index in [-0.39, 0.29) is 5.97 Å². The van der Waals surface area contributed by atoms with Crippen LogP contribution in [0.1, 0.15) is 124 Å². The Morgan fingerprint density at radius 3 is 1.15 bits per heavy atom. The third-order valence-electron chi connectivity index (χ3n) is 10.8. The van der Waals surface area contributed by atoms with Gasteiger partial charge in [-0.15, -0.1) is 0 Å². The van der Waals surface area contributed by atoms with E-state index >= 15 is 0 Å². The van der Waals surface area contributed by atoms with Crippen molar-refractivity contribution in [3.63, 3.8) is 0 Å².